The SMILES string of the molecule is CC(Cc1cccs1)NC(=O)[C@@H]1Cc2ccccc2N1. The molecule has 1 unspecified atom stereocenters. The lowest BCUT2D eigenvalue weighted by Crippen LogP contribution is -2.43. The second-order valence-corrected chi connectivity index (χ2v) is 6.28. The van der Waals surface area contributed by atoms with Gasteiger partial charge in [0.15, 0.2) is 0 Å². The maximum atomic E-state index is 12.3. The Morgan fingerprint density at radius 2 is 2.25 bits per heavy atom. The fourth-order valence-corrected chi connectivity index (χ4v) is 3.42. The van der Waals surface area contributed by atoms with Crippen LogP contribution in [0.5, 0.6) is 0 Å². The van der Waals surface area contributed by atoms with E-state index in [4.69, 9.17) is 0 Å². The van der Waals surface area contributed by atoms with Crippen LogP contribution in [0.4, 0.5) is 5.69 Å². The van der Waals surface area contributed by atoms with Crippen molar-refractivity contribution in [3.63, 3.8) is 0 Å². The number of nitrogens with one attached hydrogen (secondary N) is 2. The summed E-state index contributed by atoms with van der Waals surface area (Å²) in [5.41, 5.74) is 2.30. The van der Waals surface area contributed by atoms with E-state index in [1.165, 1.54) is 10.4 Å². The first-order valence-electron chi connectivity index (χ1n) is 6.89. The van der Waals surface area contributed by atoms with E-state index < -0.39 is 0 Å². The van der Waals surface area contributed by atoms with Crippen molar-refractivity contribution in [3.05, 3.63) is 52.2 Å². The number of hydrogen-bond donors (Lipinski definition) is 2. The molecule has 0 aliphatic carbocycles. The lowest BCUT2D eigenvalue weighted by Gasteiger charge is -2.17. The van der Waals surface area contributed by atoms with Crippen LogP contribution in [0.1, 0.15) is 17.4 Å². The molecule has 1 aliphatic heterocycles. The molecule has 0 spiro atoms. The molecule has 104 valence electrons. The van der Waals surface area contributed by atoms with Gasteiger partial charge in [0, 0.05) is 29.4 Å². The van der Waals surface area contributed by atoms with Crippen molar-refractivity contribution < 1.29 is 4.79 Å². The van der Waals surface area contributed by atoms with Crippen molar-refractivity contribution in [2.45, 2.75) is 31.8 Å². The molecule has 1 aliphatic rings. The van der Waals surface area contributed by atoms with Crippen molar-refractivity contribution in [2.75, 3.05) is 5.32 Å². The summed E-state index contributed by atoms with van der Waals surface area (Å²) in [6.45, 7) is 2.06. The standard InChI is InChI=1S/C16H18N2OS/c1-11(9-13-6-4-8-20-13)17-16(19)15-10-12-5-2-3-7-14(12)18-15/h2-8,11,15,18H,9-10H2,1H3,(H,17,19)/t11?,15-/m0/s1. The molecule has 4 heteroatoms. The van der Waals surface area contributed by atoms with E-state index in [1.807, 2.05) is 24.3 Å². The number of benzene rings is 1. The zero-order chi connectivity index (χ0) is 13.9. The van der Waals surface area contributed by atoms with Gasteiger partial charge in [0.05, 0.1) is 0 Å². The highest BCUT2D eigenvalue weighted by molar-refractivity contribution is 7.09. The fourth-order valence-electron chi connectivity index (χ4n) is 2.58. The molecular weight excluding hydrogens is 268 g/mol. The number of hydrogen-bond acceptors (Lipinski definition) is 3. The van der Waals surface area contributed by atoms with Crippen molar-refractivity contribution >= 4 is 22.9 Å². The predicted molar refractivity (Wildman–Crippen MR) is 83.2 cm³/mol. The fraction of sp³-hybridized carbons (Fsp3) is 0.312. The van der Waals surface area contributed by atoms with Gasteiger partial charge in [-0.25, -0.2) is 0 Å². The zero-order valence-corrected chi connectivity index (χ0v) is 12.2. The van der Waals surface area contributed by atoms with Gasteiger partial charge < -0.3 is 10.6 Å². The number of carbonyl (C=O) groups excluding carboxylic acids is 1. The zero-order valence-electron chi connectivity index (χ0n) is 11.4. The summed E-state index contributed by atoms with van der Waals surface area (Å²) in [6.07, 6.45) is 1.66. The molecule has 20 heavy (non-hydrogen) atoms. The average molecular weight is 286 g/mol. The molecule has 0 saturated heterocycles. The van der Waals surface area contributed by atoms with E-state index in [9.17, 15) is 4.79 Å². The van der Waals surface area contributed by atoms with Crippen LogP contribution in [-0.4, -0.2) is 18.0 Å². The number of anilines is 1. The molecule has 2 N–H and O–H groups in total. The van der Waals surface area contributed by atoms with Crippen LogP contribution in [0.3, 0.4) is 0 Å². The van der Waals surface area contributed by atoms with Crippen LogP contribution >= 0.6 is 11.3 Å². The van der Waals surface area contributed by atoms with Gasteiger partial charge in [0.1, 0.15) is 6.04 Å². The largest absolute Gasteiger partial charge is 0.373 e. The Balaban J connectivity index is 1.56. The second kappa shape index (κ2) is 5.67. The number of thiophene rings is 1. The van der Waals surface area contributed by atoms with E-state index >= 15 is 0 Å². The molecule has 1 amide bonds. The molecule has 0 bridgehead atoms. The van der Waals surface area contributed by atoms with Crippen LogP contribution in [0.2, 0.25) is 0 Å². The molecule has 3 rings (SSSR count). The van der Waals surface area contributed by atoms with E-state index in [1.54, 1.807) is 11.3 Å². The number of fused-ring (bicyclic) bond motifs is 1. The third-order valence-corrected chi connectivity index (χ3v) is 4.46. The minimum absolute atomic E-state index is 0.0882. The Morgan fingerprint density at radius 1 is 1.40 bits per heavy atom. The van der Waals surface area contributed by atoms with Gasteiger partial charge in [-0.15, -0.1) is 11.3 Å². The van der Waals surface area contributed by atoms with Gasteiger partial charge in [-0.2, -0.15) is 0 Å². The lowest BCUT2D eigenvalue weighted by atomic mass is 10.1. The normalized spacial score (nSPS) is 18.1. The number of para-hydroxylation sites is 1. The summed E-state index contributed by atoms with van der Waals surface area (Å²) >= 11 is 1.73. The Hall–Kier alpha value is -1.81. The highest BCUT2D eigenvalue weighted by Crippen LogP contribution is 2.25. The first-order valence-corrected chi connectivity index (χ1v) is 7.77. The summed E-state index contributed by atoms with van der Waals surface area (Å²) in [5.74, 6) is 0.0882. The van der Waals surface area contributed by atoms with Gasteiger partial charge in [0.25, 0.3) is 0 Å². The smallest absolute Gasteiger partial charge is 0.243 e. The van der Waals surface area contributed by atoms with Crippen LogP contribution < -0.4 is 10.6 Å². The third-order valence-electron chi connectivity index (χ3n) is 3.56. The minimum atomic E-state index is -0.141. The molecule has 1 aromatic heterocycles. The molecule has 2 heterocycles. The highest BCUT2D eigenvalue weighted by atomic mass is 32.1. The molecule has 1 aromatic carbocycles. The molecule has 0 fully saturated rings. The molecule has 3 nitrogen and oxygen atoms in total. The quantitative estimate of drug-likeness (QED) is 0.907. The summed E-state index contributed by atoms with van der Waals surface area (Å²) < 4.78 is 0. The van der Waals surface area contributed by atoms with Crippen LogP contribution in [0.15, 0.2) is 41.8 Å². The molecular formula is C16H18N2OS. The Bertz CT molecular complexity index is 569. The lowest BCUT2D eigenvalue weighted by molar-refractivity contribution is -0.122. The number of amides is 1. The van der Waals surface area contributed by atoms with Gasteiger partial charge in [0.2, 0.25) is 5.91 Å². The maximum Gasteiger partial charge on any atom is 0.243 e. The third kappa shape index (κ3) is 2.85. The molecule has 0 saturated carbocycles. The Kier molecular flexibility index (Phi) is 3.74. The van der Waals surface area contributed by atoms with Gasteiger partial charge in [-0.1, -0.05) is 24.3 Å². The summed E-state index contributed by atoms with van der Waals surface area (Å²) in [7, 11) is 0. The Labute approximate surface area is 123 Å². The molecule has 2 aromatic rings. The molecule has 2 atom stereocenters. The van der Waals surface area contributed by atoms with E-state index in [-0.39, 0.29) is 18.0 Å². The van der Waals surface area contributed by atoms with E-state index in [0.717, 1.165) is 18.5 Å². The monoisotopic (exact) mass is 286 g/mol. The summed E-state index contributed by atoms with van der Waals surface area (Å²) in [4.78, 5) is 13.6. The minimum Gasteiger partial charge on any atom is -0.373 e. The van der Waals surface area contributed by atoms with Gasteiger partial charge in [-0.3, -0.25) is 4.79 Å². The number of carbonyl (C=O) groups is 1. The van der Waals surface area contributed by atoms with Crippen molar-refractivity contribution in [1.29, 1.82) is 0 Å². The molecule has 0 radical (unpaired) electrons. The van der Waals surface area contributed by atoms with Crippen LogP contribution in [-0.2, 0) is 17.6 Å². The number of rotatable bonds is 4. The van der Waals surface area contributed by atoms with E-state index in [0.29, 0.717) is 0 Å². The first kappa shape index (κ1) is 13.2. The van der Waals surface area contributed by atoms with Crippen molar-refractivity contribution in [1.82, 2.24) is 5.32 Å². The van der Waals surface area contributed by atoms with E-state index in [2.05, 4.69) is 35.1 Å². The summed E-state index contributed by atoms with van der Waals surface area (Å²) in [6, 6.07) is 12.3. The summed E-state index contributed by atoms with van der Waals surface area (Å²) in [5, 5.41) is 8.46. The first-order chi connectivity index (χ1) is 9.72. The second-order valence-electron chi connectivity index (χ2n) is 5.25. The van der Waals surface area contributed by atoms with Crippen LogP contribution in [0, 0.1) is 0 Å². The van der Waals surface area contributed by atoms with Gasteiger partial charge >= 0.3 is 0 Å². The van der Waals surface area contributed by atoms with Crippen molar-refractivity contribution in [3.8, 4) is 0 Å². The topological polar surface area (TPSA) is 41.1 Å². The average Bonchev–Trinajstić information content (AvgIpc) is 3.06. The van der Waals surface area contributed by atoms with Gasteiger partial charge in [-0.05, 0) is 30.0 Å². The maximum absolute atomic E-state index is 12.3. The predicted octanol–water partition coefficient (Wildman–Crippen LogP) is 2.83. The van der Waals surface area contributed by atoms with Crippen molar-refractivity contribution in [2.24, 2.45) is 0 Å². The Morgan fingerprint density at radius 3 is 3.00 bits per heavy atom. The highest BCUT2D eigenvalue weighted by Gasteiger charge is 2.26. The van der Waals surface area contributed by atoms with Crippen LogP contribution in [0.25, 0.3) is 0 Å².